The van der Waals surface area contributed by atoms with Crippen LogP contribution in [0.2, 0.25) is 0 Å². The zero-order valence-corrected chi connectivity index (χ0v) is 9.32. The Kier molecular flexibility index (Phi) is 5.25. The van der Waals surface area contributed by atoms with E-state index in [2.05, 4.69) is 5.32 Å². The fourth-order valence-electron chi connectivity index (χ4n) is 2.12. The van der Waals surface area contributed by atoms with E-state index >= 15 is 0 Å². The highest BCUT2D eigenvalue weighted by molar-refractivity contribution is 5.77. The first-order chi connectivity index (χ1) is 7.63. The van der Waals surface area contributed by atoms with Crippen LogP contribution in [-0.2, 0) is 9.59 Å². The molecule has 0 aromatic carbocycles. The molecule has 3 N–H and O–H groups in total. The number of rotatable bonds is 6. The number of carboxylic acids is 1. The van der Waals surface area contributed by atoms with E-state index < -0.39 is 5.97 Å². The number of carbonyl (C=O) groups is 2. The minimum Gasteiger partial charge on any atom is -0.481 e. The average Bonchev–Trinajstić information content (AvgIpc) is 2.64. The number of aliphatic hydroxyl groups is 1. The molecule has 2 unspecified atom stereocenters. The number of nitrogens with one attached hydrogen (secondary N) is 1. The molecule has 0 aliphatic heterocycles. The molecule has 1 aliphatic carbocycles. The summed E-state index contributed by atoms with van der Waals surface area (Å²) in [4.78, 5) is 21.7. The van der Waals surface area contributed by atoms with Gasteiger partial charge < -0.3 is 15.5 Å². The molecule has 16 heavy (non-hydrogen) atoms. The van der Waals surface area contributed by atoms with Crippen molar-refractivity contribution in [3.63, 3.8) is 0 Å². The molecule has 1 saturated carbocycles. The highest BCUT2D eigenvalue weighted by atomic mass is 16.4. The summed E-state index contributed by atoms with van der Waals surface area (Å²) in [5.41, 5.74) is 0. The lowest BCUT2D eigenvalue weighted by Gasteiger charge is -2.18. The Morgan fingerprint density at radius 3 is 2.62 bits per heavy atom. The van der Waals surface area contributed by atoms with Crippen LogP contribution in [0.5, 0.6) is 0 Å². The van der Waals surface area contributed by atoms with E-state index in [1.807, 2.05) is 0 Å². The van der Waals surface area contributed by atoms with E-state index in [9.17, 15) is 9.59 Å². The first kappa shape index (κ1) is 13.0. The summed E-state index contributed by atoms with van der Waals surface area (Å²) < 4.78 is 0. The number of amides is 1. The summed E-state index contributed by atoms with van der Waals surface area (Å²) in [7, 11) is 0. The van der Waals surface area contributed by atoms with Crippen molar-refractivity contribution in [2.24, 2.45) is 5.92 Å². The van der Waals surface area contributed by atoms with E-state index in [1.165, 1.54) is 0 Å². The third-order valence-electron chi connectivity index (χ3n) is 3.03. The number of hydrogen-bond acceptors (Lipinski definition) is 3. The molecule has 1 aliphatic rings. The summed E-state index contributed by atoms with van der Waals surface area (Å²) in [6.45, 7) is 0.111. The first-order valence-corrected chi connectivity index (χ1v) is 5.75. The topological polar surface area (TPSA) is 86.6 Å². The zero-order chi connectivity index (χ0) is 12.0. The molecule has 0 heterocycles. The fraction of sp³-hybridized carbons (Fsp3) is 0.818. The lowest BCUT2D eigenvalue weighted by molar-refractivity contribution is -0.137. The second-order valence-corrected chi connectivity index (χ2v) is 4.29. The van der Waals surface area contributed by atoms with Crippen molar-refractivity contribution in [2.75, 3.05) is 6.61 Å². The first-order valence-electron chi connectivity index (χ1n) is 5.75. The number of hydrogen-bond donors (Lipinski definition) is 3. The summed E-state index contributed by atoms with van der Waals surface area (Å²) >= 11 is 0. The summed E-state index contributed by atoms with van der Waals surface area (Å²) in [6, 6.07) is 0.0716. The molecule has 5 heteroatoms. The Bertz CT molecular complexity index is 254. The van der Waals surface area contributed by atoms with E-state index in [0.29, 0.717) is 6.42 Å². The maximum atomic E-state index is 11.5. The van der Waals surface area contributed by atoms with Gasteiger partial charge in [0.05, 0.1) is 0 Å². The Morgan fingerprint density at radius 1 is 1.25 bits per heavy atom. The van der Waals surface area contributed by atoms with Crippen LogP contribution in [0, 0.1) is 5.92 Å². The lowest BCUT2D eigenvalue weighted by Crippen LogP contribution is -2.38. The highest BCUT2D eigenvalue weighted by Gasteiger charge is 2.27. The van der Waals surface area contributed by atoms with Crippen molar-refractivity contribution in [3.8, 4) is 0 Å². The largest absolute Gasteiger partial charge is 0.481 e. The van der Waals surface area contributed by atoms with Gasteiger partial charge in [-0.2, -0.15) is 0 Å². The third kappa shape index (κ3) is 4.18. The Hall–Kier alpha value is -1.10. The average molecular weight is 229 g/mol. The molecular weight excluding hydrogens is 210 g/mol. The van der Waals surface area contributed by atoms with Crippen LogP contribution in [0.25, 0.3) is 0 Å². The monoisotopic (exact) mass is 229 g/mol. The van der Waals surface area contributed by atoms with Crippen LogP contribution in [0.15, 0.2) is 0 Å². The van der Waals surface area contributed by atoms with Gasteiger partial charge >= 0.3 is 5.97 Å². The lowest BCUT2D eigenvalue weighted by atomic mass is 10.0. The molecule has 0 saturated heterocycles. The van der Waals surface area contributed by atoms with E-state index in [0.717, 1.165) is 19.3 Å². The predicted molar refractivity (Wildman–Crippen MR) is 57.8 cm³/mol. The van der Waals surface area contributed by atoms with Gasteiger partial charge in [-0.25, -0.2) is 0 Å². The fourth-order valence-corrected chi connectivity index (χ4v) is 2.12. The SMILES string of the molecule is O=C(O)CCCC(=O)NC1CCCC1CO. The minimum atomic E-state index is -0.873. The third-order valence-corrected chi connectivity index (χ3v) is 3.03. The van der Waals surface area contributed by atoms with Crippen LogP contribution >= 0.6 is 0 Å². The number of aliphatic carboxylic acids is 1. The van der Waals surface area contributed by atoms with Gasteiger partial charge in [0.2, 0.25) is 5.91 Å². The smallest absolute Gasteiger partial charge is 0.303 e. The molecule has 0 spiro atoms. The molecule has 2 atom stereocenters. The maximum absolute atomic E-state index is 11.5. The van der Waals surface area contributed by atoms with Gasteiger partial charge in [-0.05, 0) is 19.3 Å². The van der Waals surface area contributed by atoms with E-state index in [1.54, 1.807) is 0 Å². The molecule has 5 nitrogen and oxygen atoms in total. The molecule has 1 fully saturated rings. The molecule has 0 bridgehead atoms. The quantitative estimate of drug-likeness (QED) is 0.619. The van der Waals surface area contributed by atoms with Crippen molar-refractivity contribution in [1.82, 2.24) is 5.32 Å². The van der Waals surface area contributed by atoms with E-state index in [-0.39, 0.29) is 37.3 Å². The predicted octanol–water partition coefficient (Wildman–Crippen LogP) is 0.518. The van der Waals surface area contributed by atoms with Crippen LogP contribution in [0.4, 0.5) is 0 Å². The van der Waals surface area contributed by atoms with Gasteiger partial charge in [0.15, 0.2) is 0 Å². The Labute approximate surface area is 94.8 Å². The van der Waals surface area contributed by atoms with Gasteiger partial charge in [0.1, 0.15) is 0 Å². The maximum Gasteiger partial charge on any atom is 0.303 e. The van der Waals surface area contributed by atoms with Gasteiger partial charge in [-0.3, -0.25) is 9.59 Å². The summed E-state index contributed by atoms with van der Waals surface area (Å²) in [6.07, 6.45) is 3.55. The van der Waals surface area contributed by atoms with Gasteiger partial charge in [0.25, 0.3) is 0 Å². The van der Waals surface area contributed by atoms with Crippen molar-refractivity contribution in [2.45, 2.75) is 44.6 Å². The van der Waals surface area contributed by atoms with Crippen molar-refractivity contribution < 1.29 is 19.8 Å². The summed E-state index contributed by atoms with van der Waals surface area (Å²) in [5.74, 6) is -0.808. The molecular formula is C11H19NO4. The Morgan fingerprint density at radius 2 is 2.00 bits per heavy atom. The number of aliphatic hydroxyl groups excluding tert-OH is 1. The van der Waals surface area contributed by atoms with Gasteiger partial charge in [0, 0.05) is 31.4 Å². The number of carboxylic acid groups (broad SMARTS) is 1. The van der Waals surface area contributed by atoms with Crippen molar-refractivity contribution in [3.05, 3.63) is 0 Å². The van der Waals surface area contributed by atoms with Crippen LogP contribution in [0.1, 0.15) is 38.5 Å². The molecule has 0 radical (unpaired) electrons. The summed E-state index contributed by atoms with van der Waals surface area (Å²) in [5, 5.41) is 20.4. The Balaban J connectivity index is 2.20. The molecule has 1 amide bonds. The molecule has 0 aromatic heterocycles. The normalized spacial score (nSPS) is 24.3. The standard InChI is InChI=1S/C11H19NO4/c13-7-8-3-1-4-9(8)12-10(14)5-2-6-11(15)16/h8-9,13H,1-7H2,(H,12,14)(H,15,16). The second-order valence-electron chi connectivity index (χ2n) is 4.29. The minimum absolute atomic E-state index is 0.0293. The highest BCUT2D eigenvalue weighted by Crippen LogP contribution is 2.25. The molecule has 1 rings (SSSR count). The van der Waals surface area contributed by atoms with Crippen LogP contribution in [0.3, 0.4) is 0 Å². The van der Waals surface area contributed by atoms with Crippen LogP contribution in [-0.4, -0.2) is 34.7 Å². The molecule has 0 aromatic rings. The van der Waals surface area contributed by atoms with E-state index in [4.69, 9.17) is 10.2 Å². The molecule has 92 valence electrons. The van der Waals surface area contributed by atoms with Gasteiger partial charge in [-0.15, -0.1) is 0 Å². The van der Waals surface area contributed by atoms with Gasteiger partial charge in [-0.1, -0.05) is 6.42 Å². The van der Waals surface area contributed by atoms with Crippen LogP contribution < -0.4 is 5.32 Å². The zero-order valence-electron chi connectivity index (χ0n) is 9.32. The van der Waals surface area contributed by atoms with Crippen molar-refractivity contribution >= 4 is 11.9 Å². The second kappa shape index (κ2) is 6.48. The number of carbonyl (C=O) groups excluding carboxylic acids is 1. The van der Waals surface area contributed by atoms with Crippen molar-refractivity contribution in [1.29, 1.82) is 0 Å².